The average Bonchev–Trinajstić information content (AvgIpc) is 2.46. The Hall–Kier alpha value is -2.96. The van der Waals surface area contributed by atoms with Gasteiger partial charge in [-0.3, -0.25) is 14.9 Å². The second kappa shape index (κ2) is 6.00. The number of aromatic carboxylic acids is 1. The second-order valence-corrected chi connectivity index (χ2v) is 4.43. The van der Waals surface area contributed by atoms with Crippen molar-refractivity contribution in [1.82, 2.24) is 4.57 Å². The normalized spacial score (nSPS) is 10.3. The van der Waals surface area contributed by atoms with Crippen molar-refractivity contribution in [2.24, 2.45) is 0 Å². The molecule has 0 spiro atoms. The number of pyridine rings is 1. The molecule has 0 amide bonds. The van der Waals surface area contributed by atoms with Crippen LogP contribution in [0.5, 0.6) is 0 Å². The predicted octanol–water partition coefficient (Wildman–Crippen LogP) is 1.70. The highest BCUT2D eigenvalue weighted by Gasteiger charge is 2.06. The number of aromatic nitrogens is 1. The SMILES string of the molecule is O=C(O)c1ccn(CCc2ccc([N+](=O)[O-])cc2)c(=O)c1. The zero-order valence-corrected chi connectivity index (χ0v) is 10.9. The van der Waals surface area contributed by atoms with E-state index in [-0.39, 0.29) is 11.3 Å². The summed E-state index contributed by atoms with van der Waals surface area (Å²) in [5, 5.41) is 19.3. The first kappa shape index (κ1) is 14.4. The molecule has 7 nitrogen and oxygen atoms in total. The largest absolute Gasteiger partial charge is 0.478 e. The van der Waals surface area contributed by atoms with E-state index in [1.807, 2.05) is 0 Å². The van der Waals surface area contributed by atoms with Crippen molar-refractivity contribution < 1.29 is 14.8 Å². The van der Waals surface area contributed by atoms with Crippen LogP contribution < -0.4 is 5.56 Å². The minimum absolute atomic E-state index is 0.0155. The fraction of sp³-hybridized carbons (Fsp3) is 0.143. The van der Waals surface area contributed by atoms with Crippen LogP contribution in [0.25, 0.3) is 0 Å². The summed E-state index contributed by atoms with van der Waals surface area (Å²) in [6, 6.07) is 8.51. The molecule has 1 aromatic carbocycles. The van der Waals surface area contributed by atoms with E-state index in [2.05, 4.69) is 0 Å². The van der Waals surface area contributed by atoms with Gasteiger partial charge in [0.05, 0.1) is 10.5 Å². The summed E-state index contributed by atoms with van der Waals surface area (Å²) in [5.74, 6) is -1.14. The third-order valence-corrected chi connectivity index (χ3v) is 3.03. The van der Waals surface area contributed by atoms with E-state index in [0.29, 0.717) is 13.0 Å². The van der Waals surface area contributed by atoms with E-state index in [4.69, 9.17) is 5.11 Å². The first-order chi connectivity index (χ1) is 9.97. The van der Waals surface area contributed by atoms with Gasteiger partial charge in [-0.15, -0.1) is 0 Å². The molecule has 0 unspecified atom stereocenters. The average molecular weight is 288 g/mol. The molecule has 1 N–H and O–H groups in total. The highest BCUT2D eigenvalue weighted by molar-refractivity contribution is 5.87. The van der Waals surface area contributed by atoms with Crippen LogP contribution in [0.2, 0.25) is 0 Å². The molecule has 0 aliphatic carbocycles. The topological polar surface area (TPSA) is 102 Å². The fourth-order valence-electron chi connectivity index (χ4n) is 1.86. The van der Waals surface area contributed by atoms with Crippen LogP contribution in [0.4, 0.5) is 5.69 Å². The van der Waals surface area contributed by atoms with E-state index in [1.165, 1.54) is 29.0 Å². The Morgan fingerprint density at radius 2 is 1.90 bits per heavy atom. The standard InChI is InChI=1S/C14H12N2O5/c17-13-9-11(14(18)19)6-8-15(13)7-5-10-1-3-12(4-2-10)16(20)21/h1-4,6,8-9H,5,7H2,(H,18,19). The molecule has 0 aliphatic rings. The van der Waals surface area contributed by atoms with E-state index in [1.54, 1.807) is 12.1 Å². The van der Waals surface area contributed by atoms with E-state index < -0.39 is 16.5 Å². The maximum absolute atomic E-state index is 11.7. The quantitative estimate of drug-likeness (QED) is 0.666. The van der Waals surface area contributed by atoms with E-state index >= 15 is 0 Å². The van der Waals surface area contributed by atoms with Gasteiger partial charge in [0.15, 0.2) is 0 Å². The lowest BCUT2D eigenvalue weighted by atomic mass is 10.1. The minimum Gasteiger partial charge on any atom is -0.478 e. The number of benzene rings is 1. The number of rotatable bonds is 5. The van der Waals surface area contributed by atoms with Crippen molar-refractivity contribution >= 4 is 11.7 Å². The first-order valence-corrected chi connectivity index (χ1v) is 6.14. The minimum atomic E-state index is -1.14. The van der Waals surface area contributed by atoms with Gasteiger partial charge in [0, 0.05) is 30.9 Å². The molecule has 1 heterocycles. The molecule has 0 fully saturated rings. The van der Waals surface area contributed by atoms with Gasteiger partial charge in [0.1, 0.15) is 0 Å². The molecule has 0 bridgehead atoms. The van der Waals surface area contributed by atoms with Gasteiger partial charge in [-0.05, 0) is 18.1 Å². The summed E-state index contributed by atoms with van der Waals surface area (Å²) < 4.78 is 1.40. The Bertz CT molecular complexity index is 734. The molecule has 2 aromatic rings. The van der Waals surface area contributed by atoms with Gasteiger partial charge in [-0.1, -0.05) is 12.1 Å². The van der Waals surface area contributed by atoms with Crippen LogP contribution in [0, 0.1) is 10.1 Å². The lowest BCUT2D eigenvalue weighted by molar-refractivity contribution is -0.384. The molecule has 0 aliphatic heterocycles. The lowest BCUT2D eigenvalue weighted by Gasteiger charge is -2.06. The summed E-state index contributed by atoms with van der Waals surface area (Å²) in [6.07, 6.45) is 1.95. The molecule has 108 valence electrons. The van der Waals surface area contributed by atoms with Crippen LogP contribution in [0.15, 0.2) is 47.4 Å². The summed E-state index contributed by atoms with van der Waals surface area (Å²) in [4.78, 5) is 32.5. The van der Waals surface area contributed by atoms with Crippen LogP contribution in [-0.4, -0.2) is 20.6 Å². The number of carboxylic acid groups (broad SMARTS) is 1. The van der Waals surface area contributed by atoms with Crippen molar-refractivity contribution in [3.8, 4) is 0 Å². The van der Waals surface area contributed by atoms with Crippen molar-refractivity contribution in [2.45, 2.75) is 13.0 Å². The fourth-order valence-corrected chi connectivity index (χ4v) is 1.86. The molecule has 0 radical (unpaired) electrons. The number of hydrogen-bond donors (Lipinski definition) is 1. The number of carbonyl (C=O) groups is 1. The molecule has 21 heavy (non-hydrogen) atoms. The van der Waals surface area contributed by atoms with Crippen LogP contribution >= 0.6 is 0 Å². The molecule has 0 saturated heterocycles. The van der Waals surface area contributed by atoms with Gasteiger partial charge < -0.3 is 9.67 Å². The van der Waals surface area contributed by atoms with Crippen molar-refractivity contribution in [3.05, 3.63) is 74.2 Å². The third-order valence-electron chi connectivity index (χ3n) is 3.03. The molecule has 0 saturated carbocycles. The smallest absolute Gasteiger partial charge is 0.335 e. The van der Waals surface area contributed by atoms with Gasteiger partial charge in [0.25, 0.3) is 11.2 Å². The van der Waals surface area contributed by atoms with E-state index in [0.717, 1.165) is 11.6 Å². The highest BCUT2D eigenvalue weighted by Crippen LogP contribution is 2.12. The number of carboxylic acids is 1. The summed E-state index contributed by atoms with van der Waals surface area (Å²) in [6.45, 7) is 0.372. The van der Waals surface area contributed by atoms with Crippen LogP contribution in [0.1, 0.15) is 15.9 Å². The molecular weight excluding hydrogens is 276 g/mol. The number of hydrogen-bond acceptors (Lipinski definition) is 4. The monoisotopic (exact) mass is 288 g/mol. The number of nitro groups is 1. The number of nitrogens with zero attached hydrogens (tertiary/aromatic N) is 2. The van der Waals surface area contributed by atoms with Crippen molar-refractivity contribution in [1.29, 1.82) is 0 Å². The number of aryl methyl sites for hydroxylation is 2. The number of nitro benzene ring substituents is 1. The molecule has 7 heteroatoms. The maximum Gasteiger partial charge on any atom is 0.335 e. The Kier molecular flexibility index (Phi) is 4.13. The Morgan fingerprint density at radius 1 is 1.24 bits per heavy atom. The van der Waals surface area contributed by atoms with Crippen LogP contribution in [0.3, 0.4) is 0 Å². The molecular formula is C14H12N2O5. The molecule has 0 atom stereocenters. The predicted molar refractivity (Wildman–Crippen MR) is 74.5 cm³/mol. The molecule has 1 aromatic heterocycles. The van der Waals surface area contributed by atoms with Gasteiger partial charge in [-0.25, -0.2) is 4.79 Å². The Balaban J connectivity index is 2.08. The maximum atomic E-state index is 11.7. The number of non-ortho nitro benzene ring substituents is 1. The van der Waals surface area contributed by atoms with Gasteiger partial charge in [-0.2, -0.15) is 0 Å². The third kappa shape index (κ3) is 3.53. The van der Waals surface area contributed by atoms with Crippen LogP contribution in [-0.2, 0) is 13.0 Å². The summed E-state index contributed by atoms with van der Waals surface area (Å²) >= 11 is 0. The molecule has 2 rings (SSSR count). The van der Waals surface area contributed by atoms with E-state index in [9.17, 15) is 19.7 Å². The van der Waals surface area contributed by atoms with Crippen molar-refractivity contribution in [2.75, 3.05) is 0 Å². The van der Waals surface area contributed by atoms with Gasteiger partial charge >= 0.3 is 5.97 Å². The zero-order chi connectivity index (χ0) is 15.4. The Morgan fingerprint density at radius 3 is 2.43 bits per heavy atom. The highest BCUT2D eigenvalue weighted by atomic mass is 16.6. The first-order valence-electron chi connectivity index (χ1n) is 6.14. The second-order valence-electron chi connectivity index (χ2n) is 4.43. The van der Waals surface area contributed by atoms with Crippen molar-refractivity contribution in [3.63, 3.8) is 0 Å². The lowest BCUT2D eigenvalue weighted by Crippen LogP contribution is -2.21. The summed E-state index contributed by atoms with van der Waals surface area (Å²) in [5.41, 5.74) is 0.430. The van der Waals surface area contributed by atoms with Gasteiger partial charge in [0.2, 0.25) is 0 Å². The Labute approximate surface area is 119 Å². The zero-order valence-electron chi connectivity index (χ0n) is 10.9. The summed E-state index contributed by atoms with van der Waals surface area (Å²) in [7, 11) is 0.